The number of nitrogens with zero attached hydrogens (tertiary/aromatic N) is 1. The zero-order valence-electron chi connectivity index (χ0n) is 11.5. The highest BCUT2D eigenvalue weighted by molar-refractivity contribution is 5.86. The molecule has 2 aromatic rings. The van der Waals surface area contributed by atoms with Crippen LogP contribution in [0.1, 0.15) is 0 Å². The highest BCUT2D eigenvalue weighted by Gasteiger charge is 2.13. The van der Waals surface area contributed by atoms with Crippen LogP contribution in [0, 0.1) is 0 Å². The Hall–Kier alpha value is -3.14. The van der Waals surface area contributed by atoms with Gasteiger partial charge in [-0.2, -0.15) is 0 Å². The van der Waals surface area contributed by atoms with Crippen LogP contribution >= 0.6 is 0 Å². The Labute approximate surface area is 125 Å². The number of rotatable bonds is 1. The van der Waals surface area contributed by atoms with E-state index in [9.17, 15) is 9.90 Å². The minimum atomic E-state index is -0.137. The van der Waals surface area contributed by atoms with Crippen molar-refractivity contribution in [2.24, 2.45) is 0 Å². The number of phenols is 1. The first-order chi connectivity index (χ1) is 10.7. The molecule has 0 spiro atoms. The van der Waals surface area contributed by atoms with Gasteiger partial charge in [-0.3, -0.25) is 4.79 Å². The molecule has 22 heavy (non-hydrogen) atoms. The lowest BCUT2D eigenvalue weighted by Gasteiger charge is -2.09. The maximum Gasteiger partial charge on any atom is 0.182 e. The Morgan fingerprint density at radius 2 is 1.77 bits per heavy atom. The fraction of sp³-hybridized carbons (Fsp3) is 0. The van der Waals surface area contributed by atoms with Crippen molar-refractivity contribution in [2.45, 2.75) is 0 Å². The zero-order chi connectivity index (χ0) is 15.1. The molecule has 0 saturated carbocycles. The molecule has 1 aliphatic carbocycles. The first-order valence-corrected chi connectivity index (χ1v) is 6.84. The number of fused-ring (bicyclic) bond motifs is 2. The van der Waals surface area contributed by atoms with E-state index in [-0.39, 0.29) is 11.2 Å². The summed E-state index contributed by atoms with van der Waals surface area (Å²) >= 11 is 0. The molecule has 2 aromatic carbocycles. The highest BCUT2D eigenvalue weighted by Crippen LogP contribution is 2.34. The second-order valence-electron chi connectivity index (χ2n) is 5.05. The predicted molar refractivity (Wildman–Crippen MR) is 84.0 cm³/mol. The number of phenolic OH excluding ortho intramolecular Hbond substituents is 1. The van der Waals surface area contributed by atoms with Crippen LogP contribution in [-0.4, -0.2) is 10.1 Å². The number of hydrogen-bond acceptors (Lipinski definition) is 4. The summed E-state index contributed by atoms with van der Waals surface area (Å²) in [5, 5.41) is 10.2. The van der Waals surface area contributed by atoms with Crippen molar-refractivity contribution in [3.05, 3.63) is 70.9 Å². The van der Waals surface area contributed by atoms with Crippen LogP contribution in [0.2, 0.25) is 0 Å². The molecule has 0 aromatic heterocycles. The molecule has 0 unspecified atom stereocenters. The van der Waals surface area contributed by atoms with Crippen molar-refractivity contribution in [1.29, 1.82) is 0 Å². The molecule has 106 valence electrons. The van der Waals surface area contributed by atoms with Crippen LogP contribution in [0.3, 0.4) is 0 Å². The van der Waals surface area contributed by atoms with E-state index in [1.54, 1.807) is 12.1 Å². The summed E-state index contributed by atoms with van der Waals surface area (Å²) in [6.07, 6.45) is 0. The molecule has 0 atom stereocenters. The standard InChI is InChI=1S/C18H11NO3/c20-12-6-7-14-17(8-12)22-18-10-16(21)13(9-15(18)19-14)11-4-2-1-3-5-11/h1-10,21H. The summed E-state index contributed by atoms with van der Waals surface area (Å²) < 4.78 is 5.68. The predicted octanol–water partition coefficient (Wildman–Crippen LogP) is 3.67. The van der Waals surface area contributed by atoms with Gasteiger partial charge in [0.15, 0.2) is 16.8 Å². The Morgan fingerprint density at radius 1 is 0.955 bits per heavy atom. The van der Waals surface area contributed by atoms with E-state index in [2.05, 4.69) is 4.98 Å². The third kappa shape index (κ3) is 2.02. The largest absolute Gasteiger partial charge is 0.507 e. The van der Waals surface area contributed by atoms with Gasteiger partial charge in [-0.1, -0.05) is 30.3 Å². The molecule has 1 aliphatic heterocycles. The van der Waals surface area contributed by atoms with Crippen molar-refractivity contribution in [3.63, 3.8) is 0 Å². The van der Waals surface area contributed by atoms with E-state index in [0.717, 1.165) is 5.56 Å². The lowest BCUT2D eigenvalue weighted by molar-refractivity contribution is 0.476. The Balaban J connectivity index is 2.02. The van der Waals surface area contributed by atoms with E-state index in [1.165, 1.54) is 18.2 Å². The minimum Gasteiger partial charge on any atom is -0.507 e. The van der Waals surface area contributed by atoms with E-state index in [4.69, 9.17) is 4.42 Å². The van der Waals surface area contributed by atoms with Crippen molar-refractivity contribution < 1.29 is 9.52 Å². The molecule has 1 heterocycles. The average molecular weight is 289 g/mol. The molecule has 1 N–H and O–H groups in total. The van der Waals surface area contributed by atoms with Gasteiger partial charge in [0.05, 0.1) is 0 Å². The normalized spacial score (nSPS) is 11.1. The summed E-state index contributed by atoms with van der Waals surface area (Å²) in [4.78, 5) is 15.9. The monoisotopic (exact) mass is 289 g/mol. The number of aromatic hydroxyl groups is 1. The Bertz CT molecular complexity index is 1010. The first-order valence-electron chi connectivity index (χ1n) is 6.84. The van der Waals surface area contributed by atoms with Crippen LogP contribution in [0.15, 0.2) is 69.9 Å². The van der Waals surface area contributed by atoms with Gasteiger partial charge in [0.25, 0.3) is 0 Å². The fourth-order valence-electron chi connectivity index (χ4n) is 2.49. The van der Waals surface area contributed by atoms with Crippen LogP contribution in [-0.2, 0) is 0 Å². The van der Waals surface area contributed by atoms with Crippen molar-refractivity contribution >= 4 is 11.1 Å². The number of benzene rings is 3. The molecule has 0 amide bonds. The molecule has 4 rings (SSSR count). The smallest absolute Gasteiger partial charge is 0.182 e. The average Bonchev–Trinajstić information content (AvgIpc) is 2.53. The minimum absolute atomic E-state index is 0.113. The van der Waals surface area contributed by atoms with Crippen molar-refractivity contribution in [2.75, 3.05) is 0 Å². The SMILES string of the molecule is O=c1ccc2nc3cc(-c4ccccc4)c(O)cc3oc-2c1. The maximum atomic E-state index is 11.4. The van der Waals surface area contributed by atoms with Crippen molar-refractivity contribution in [1.82, 2.24) is 4.98 Å². The Morgan fingerprint density at radius 3 is 2.59 bits per heavy atom. The summed E-state index contributed by atoms with van der Waals surface area (Å²) in [6.45, 7) is 0. The second-order valence-corrected chi connectivity index (χ2v) is 5.05. The molecular weight excluding hydrogens is 278 g/mol. The van der Waals surface area contributed by atoms with Crippen molar-refractivity contribution in [3.8, 4) is 28.3 Å². The van der Waals surface area contributed by atoms with Gasteiger partial charge in [-0.15, -0.1) is 0 Å². The van der Waals surface area contributed by atoms with Crippen LogP contribution < -0.4 is 5.43 Å². The quantitative estimate of drug-likeness (QED) is 0.543. The van der Waals surface area contributed by atoms with Crippen LogP contribution in [0.5, 0.6) is 5.75 Å². The first kappa shape index (κ1) is 12.6. The molecule has 4 nitrogen and oxygen atoms in total. The maximum absolute atomic E-state index is 11.4. The molecule has 0 saturated heterocycles. The third-order valence-corrected chi connectivity index (χ3v) is 3.55. The topological polar surface area (TPSA) is 63.3 Å². The number of hydrogen-bond donors (Lipinski definition) is 1. The highest BCUT2D eigenvalue weighted by atomic mass is 16.3. The number of aromatic nitrogens is 1. The molecule has 0 radical (unpaired) electrons. The van der Waals surface area contributed by atoms with Crippen LogP contribution in [0.4, 0.5) is 0 Å². The molecule has 0 bridgehead atoms. The van der Waals surface area contributed by atoms with Gasteiger partial charge in [0.1, 0.15) is 17.0 Å². The molecule has 4 heteroatoms. The molecule has 0 fully saturated rings. The van der Waals surface area contributed by atoms with E-state index in [1.807, 2.05) is 30.3 Å². The van der Waals surface area contributed by atoms with E-state index >= 15 is 0 Å². The fourth-order valence-corrected chi connectivity index (χ4v) is 2.49. The van der Waals surface area contributed by atoms with Gasteiger partial charge in [-0.25, -0.2) is 4.98 Å². The van der Waals surface area contributed by atoms with Gasteiger partial charge >= 0.3 is 0 Å². The van der Waals surface area contributed by atoms with E-state index < -0.39 is 0 Å². The Kier molecular flexibility index (Phi) is 2.69. The van der Waals surface area contributed by atoms with Gasteiger partial charge in [0, 0.05) is 17.7 Å². The summed E-state index contributed by atoms with van der Waals surface area (Å²) in [5.41, 5.74) is 3.13. The lowest BCUT2D eigenvalue weighted by Crippen LogP contribution is -1.99. The zero-order valence-corrected chi connectivity index (χ0v) is 11.5. The van der Waals surface area contributed by atoms with Gasteiger partial charge in [0.2, 0.25) is 0 Å². The molecule has 2 aliphatic rings. The van der Waals surface area contributed by atoms with Crippen LogP contribution in [0.25, 0.3) is 33.7 Å². The summed E-state index contributed by atoms with van der Waals surface area (Å²) in [5.74, 6) is 0.522. The summed E-state index contributed by atoms with van der Waals surface area (Å²) in [6, 6.07) is 17.4. The molecular formula is C18H11NO3. The van der Waals surface area contributed by atoms with Gasteiger partial charge < -0.3 is 9.52 Å². The summed E-state index contributed by atoms with van der Waals surface area (Å²) in [7, 11) is 0. The van der Waals surface area contributed by atoms with E-state index in [0.29, 0.717) is 28.1 Å². The second kappa shape index (κ2) is 4.70. The lowest BCUT2D eigenvalue weighted by atomic mass is 10.0. The van der Waals surface area contributed by atoms with Gasteiger partial charge in [-0.05, 0) is 23.8 Å². The third-order valence-electron chi connectivity index (χ3n) is 3.55.